The minimum Gasteiger partial charge on any atom is -0.371 e. The molecular formula is C14H19N3O3. The van der Waals surface area contributed by atoms with Crippen LogP contribution in [0.3, 0.4) is 0 Å². The summed E-state index contributed by atoms with van der Waals surface area (Å²) in [6.07, 6.45) is 1.84. The first-order valence-electron chi connectivity index (χ1n) is 6.74. The zero-order valence-electron chi connectivity index (χ0n) is 11.8. The molecular weight excluding hydrogens is 258 g/mol. The molecule has 1 aliphatic heterocycles. The van der Waals surface area contributed by atoms with Crippen molar-refractivity contribution >= 4 is 17.3 Å². The molecule has 1 N–H and O–H groups in total. The molecule has 1 unspecified atom stereocenters. The van der Waals surface area contributed by atoms with Crippen molar-refractivity contribution in [3.8, 4) is 0 Å². The summed E-state index contributed by atoms with van der Waals surface area (Å²) < 4.78 is 0. The van der Waals surface area contributed by atoms with E-state index in [1.165, 1.54) is 6.07 Å². The molecule has 0 spiro atoms. The Hall–Kier alpha value is -2.11. The maximum atomic E-state index is 11.7. The van der Waals surface area contributed by atoms with Gasteiger partial charge in [-0.2, -0.15) is 0 Å². The van der Waals surface area contributed by atoms with Gasteiger partial charge in [-0.25, -0.2) is 0 Å². The Morgan fingerprint density at radius 2 is 2.25 bits per heavy atom. The molecule has 1 atom stereocenters. The smallest absolute Gasteiger partial charge is 0.272 e. The van der Waals surface area contributed by atoms with Crippen molar-refractivity contribution < 1.29 is 9.72 Å². The summed E-state index contributed by atoms with van der Waals surface area (Å²) in [6.45, 7) is 3.28. The van der Waals surface area contributed by atoms with E-state index in [2.05, 4.69) is 10.2 Å². The minimum atomic E-state index is -0.372. The van der Waals surface area contributed by atoms with Crippen LogP contribution in [0.5, 0.6) is 0 Å². The van der Waals surface area contributed by atoms with Crippen molar-refractivity contribution in [1.82, 2.24) is 5.32 Å². The molecule has 6 nitrogen and oxygen atoms in total. The van der Waals surface area contributed by atoms with E-state index in [0.717, 1.165) is 25.1 Å². The van der Waals surface area contributed by atoms with E-state index in [9.17, 15) is 14.9 Å². The molecule has 20 heavy (non-hydrogen) atoms. The highest BCUT2D eigenvalue weighted by atomic mass is 16.6. The summed E-state index contributed by atoms with van der Waals surface area (Å²) in [5.74, 6) is 0.0533. The maximum absolute atomic E-state index is 11.7. The molecule has 0 bridgehead atoms. The Kier molecular flexibility index (Phi) is 4.22. The van der Waals surface area contributed by atoms with Crippen molar-refractivity contribution in [1.29, 1.82) is 0 Å². The number of rotatable bonds is 3. The molecule has 1 aromatic rings. The van der Waals surface area contributed by atoms with Gasteiger partial charge in [-0.3, -0.25) is 14.9 Å². The molecule has 1 heterocycles. The summed E-state index contributed by atoms with van der Waals surface area (Å²) >= 11 is 0. The van der Waals surface area contributed by atoms with Crippen LogP contribution in [0.15, 0.2) is 18.2 Å². The SMILES string of the molecule is CNC(=O)C1CCCN(c2ccc([N+](=O)[O-])c(C)c2)C1. The van der Waals surface area contributed by atoms with Crippen LogP contribution in [0, 0.1) is 23.0 Å². The number of hydrogen-bond acceptors (Lipinski definition) is 4. The Morgan fingerprint density at radius 1 is 1.50 bits per heavy atom. The Bertz CT molecular complexity index is 530. The number of amides is 1. The third-order valence-corrected chi connectivity index (χ3v) is 3.78. The minimum absolute atomic E-state index is 0.00996. The van der Waals surface area contributed by atoms with Crippen LogP contribution in [0.2, 0.25) is 0 Å². The number of carbonyl (C=O) groups excluding carboxylic acids is 1. The number of nitro benzene ring substituents is 1. The molecule has 1 fully saturated rings. The second-order valence-electron chi connectivity index (χ2n) is 5.13. The Balaban J connectivity index is 2.17. The topological polar surface area (TPSA) is 75.5 Å². The fraction of sp³-hybridized carbons (Fsp3) is 0.500. The van der Waals surface area contributed by atoms with E-state index in [-0.39, 0.29) is 22.4 Å². The quantitative estimate of drug-likeness (QED) is 0.676. The first-order valence-corrected chi connectivity index (χ1v) is 6.74. The van der Waals surface area contributed by atoms with E-state index in [1.807, 2.05) is 6.07 Å². The number of nitrogens with one attached hydrogen (secondary N) is 1. The number of nitro groups is 1. The predicted octanol–water partition coefficient (Wildman–Crippen LogP) is 1.87. The molecule has 0 aromatic heterocycles. The van der Waals surface area contributed by atoms with Crippen LogP contribution < -0.4 is 10.2 Å². The van der Waals surface area contributed by atoms with Crippen molar-refractivity contribution in [3.63, 3.8) is 0 Å². The molecule has 2 rings (SSSR count). The highest BCUT2D eigenvalue weighted by Crippen LogP contribution is 2.27. The normalized spacial score (nSPS) is 18.7. The lowest BCUT2D eigenvalue weighted by atomic mass is 9.96. The van der Waals surface area contributed by atoms with Crippen molar-refractivity contribution in [3.05, 3.63) is 33.9 Å². The highest BCUT2D eigenvalue weighted by Gasteiger charge is 2.25. The number of nitrogens with zero attached hydrogens (tertiary/aromatic N) is 2. The first-order chi connectivity index (χ1) is 9.52. The molecule has 1 aliphatic rings. The van der Waals surface area contributed by atoms with Crippen LogP contribution in [-0.4, -0.2) is 31.0 Å². The van der Waals surface area contributed by atoms with Gasteiger partial charge in [0.25, 0.3) is 5.69 Å². The summed E-state index contributed by atoms with van der Waals surface area (Å²) in [5.41, 5.74) is 1.73. The number of anilines is 1. The van der Waals surface area contributed by atoms with Gasteiger partial charge in [0.15, 0.2) is 0 Å². The fourth-order valence-corrected chi connectivity index (χ4v) is 2.67. The van der Waals surface area contributed by atoms with Crippen molar-refractivity contribution in [2.75, 3.05) is 25.0 Å². The van der Waals surface area contributed by atoms with Gasteiger partial charge in [-0.05, 0) is 31.9 Å². The van der Waals surface area contributed by atoms with Crippen LogP contribution in [0.1, 0.15) is 18.4 Å². The standard InChI is InChI=1S/C14H19N3O3/c1-10-8-12(5-6-13(10)17(19)20)16-7-3-4-11(9-16)14(18)15-2/h5-6,8,11H,3-4,7,9H2,1-2H3,(H,15,18). The lowest BCUT2D eigenvalue weighted by Gasteiger charge is -2.33. The monoisotopic (exact) mass is 277 g/mol. The van der Waals surface area contributed by atoms with E-state index >= 15 is 0 Å². The lowest BCUT2D eigenvalue weighted by molar-refractivity contribution is -0.385. The Morgan fingerprint density at radius 3 is 2.85 bits per heavy atom. The zero-order chi connectivity index (χ0) is 14.7. The molecule has 0 radical (unpaired) electrons. The molecule has 6 heteroatoms. The van der Waals surface area contributed by atoms with E-state index in [1.54, 1.807) is 20.0 Å². The van der Waals surface area contributed by atoms with Crippen molar-refractivity contribution in [2.45, 2.75) is 19.8 Å². The molecule has 0 aliphatic carbocycles. The summed E-state index contributed by atoms with van der Waals surface area (Å²) in [6, 6.07) is 5.12. The summed E-state index contributed by atoms with van der Waals surface area (Å²) in [5, 5.41) is 13.5. The third kappa shape index (κ3) is 2.89. The van der Waals surface area contributed by atoms with Gasteiger partial charge >= 0.3 is 0 Å². The van der Waals surface area contributed by atoms with E-state index < -0.39 is 0 Å². The van der Waals surface area contributed by atoms with Crippen LogP contribution in [-0.2, 0) is 4.79 Å². The van der Waals surface area contributed by atoms with Crippen LogP contribution >= 0.6 is 0 Å². The average molecular weight is 277 g/mol. The molecule has 1 amide bonds. The van der Waals surface area contributed by atoms with Gasteiger partial charge in [-0.15, -0.1) is 0 Å². The number of hydrogen-bond donors (Lipinski definition) is 1. The fourth-order valence-electron chi connectivity index (χ4n) is 2.67. The van der Waals surface area contributed by atoms with Gasteiger partial charge in [0.2, 0.25) is 5.91 Å². The van der Waals surface area contributed by atoms with Gasteiger partial charge < -0.3 is 10.2 Å². The molecule has 0 saturated carbocycles. The van der Waals surface area contributed by atoms with Crippen LogP contribution in [0.25, 0.3) is 0 Å². The summed E-state index contributed by atoms with van der Waals surface area (Å²) in [7, 11) is 1.65. The largest absolute Gasteiger partial charge is 0.371 e. The third-order valence-electron chi connectivity index (χ3n) is 3.78. The van der Waals surface area contributed by atoms with Gasteiger partial charge in [-0.1, -0.05) is 0 Å². The van der Waals surface area contributed by atoms with Gasteiger partial charge in [0.1, 0.15) is 0 Å². The van der Waals surface area contributed by atoms with Gasteiger partial charge in [0, 0.05) is 37.5 Å². The molecule has 1 aromatic carbocycles. The Labute approximate surface area is 117 Å². The van der Waals surface area contributed by atoms with Crippen LogP contribution in [0.4, 0.5) is 11.4 Å². The molecule has 108 valence electrons. The summed E-state index contributed by atoms with van der Waals surface area (Å²) in [4.78, 5) is 24.3. The maximum Gasteiger partial charge on any atom is 0.272 e. The highest BCUT2D eigenvalue weighted by molar-refractivity contribution is 5.79. The number of benzene rings is 1. The second-order valence-corrected chi connectivity index (χ2v) is 5.13. The number of aryl methyl sites for hydroxylation is 1. The van der Waals surface area contributed by atoms with E-state index in [4.69, 9.17) is 0 Å². The number of piperidine rings is 1. The number of carbonyl (C=O) groups is 1. The molecule has 1 saturated heterocycles. The van der Waals surface area contributed by atoms with Gasteiger partial charge in [0.05, 0.1) is 10.8 Å². The zero-order valence-corrected chi connectivity index (χ0v) is 11.8. The van der Waals surface area contributed by atoms with Crippen molar-refractivity contribution in [2.24, 2.45) is 5.92 Å². The van der Waals surface area contributed by atoms with E-state index in [0.29, 0.717) is 12.1 Å². The second kappa shape index (κ2) is 5.90. The average Bonchev–Trinajstić information content (AvgIpc) is 2.46. The predicted molar refractivity (Wildman–Crippen MR) is 76.8 cm³/mol. The lowest BCUT2D eigenvalue weighted by Crippen LogP contribution is -2.42. The first kappa shape index (κ1) is 14.3.